The topological polar surface area (TPSA) is 16.4 Å². The fourth-order valence-electron chi connectivity index (χ4n) is 7.85. The van der Waals surface area contributed by atoms with Crippen LogP contribution in [0.15, 0.2) is 180 Å². The molecular weight excluding hydrogens is 671 g/mol. The third-order valence-corrected chi connectivity index (χ3v) is 12.8. The molecule has 8 aromatic carbocycles. The van der Waals surface area contributed by atoms with Crippen molar-refractivity contribution in [2.45, 2.75) is 0 Å². The Morgan fingerprint density at radius 3 is 1.79 bits per heavy atom. The number of fused-ring (bicyclic) bond motifs is 10. The molecular formula is C48H29NOS2. The van der Waals surface area contributed by atoms with Gasteiger partial charge in [0, 0.05) is 57.8 Å². The molecule has 0 saturated heterocycles. The first kappa shape index (κ1) is 29.5. The average Bonchev–Trinajstić information content (AvgIpc) is 3.90. The summed E-state index contributed by atoms with van der Waals surface area (Å²) in [4.78, 5) is 2.42. The summed E-state index contributed by atoms with van der Waals surface area (Å²) in [7, 11) is 0. The Hall–Kier alpha value is -6.20. The molecule has 0 atom stereocenters. The van der Waals surface area contributed by atoms with E-state index in [-0.39, 0.29) is 0 Å². The zero-order valence-corrected chi connectivity index (χ0v) is 29.5. The van der Waals surface area contributed by atoms with Crippen molar-refractivity contribution < 1.29 is 4.42 Å². The standard InChI is InChI=1S/C48H29NOS2/c1-2-10-30(11-3-1)31-20-24-33(25-21-31)49(34-26-22-32(23-27-34)35-14-8-15-37-36-12-5-7-19-44(36)51-46(35)37)41-17-9-16-38-39-28-29-43-45(48(39)52-47(38)41)40-13-4-6-18-42(40)50-43/h1-29H. The van der Waals surface area contributed by atoms with Gasteiger partial charge in [-0.3, -0.25) is 0 Å². The highest BCUT2D eigenvalue weighted by Gasteiger charge is 2.21. The number of hydrogen-bond donors (Lipinski definition) is 0. The quantitative estimate of drug-likeness (QED) is 0.178. The van der Waals surface area contributed by atoms with Gasteiger partial charge in [0.25, 0.3) is 0 Å². The van der Waals surface area contributed by atoms with Crippen molar-refractivity contribution >= 4 is 102 Å². The van der Waals surface area contributed by atoms with Gasteiger partial charge >= 0.3 is 0 Å². The summed E-state index contributed by atoms with van der Waals surface area (Å²) in [6, 6.07) is 63.6. The molecule has 52 heavy (non-hydrogen) atoms. The number of hydrogen-bond acceptors (Lipinski definition) is 4. The molecule has 3 aromatic heterocycles. The van der Waals surface area contributed by atoms with Gasteiger partial charge in [-0.1, -0.05) is 121 Å². The molecule has 244 valence electrons. The van der Waals surface area contributed by atoms with Crippen LogP contribution in [-0.2, 0) is 0 Å². The lowest BCUT2D eigenvalue weighted by Crippen LogP contribution is -2.10. The predicted molar refractivity (Wildman–Crippen MR) is 225 cm³/mol. The van der Waals surface area contributed by atoms with Crippen LogP contribution in [0.4, 0.5) is 17.1 Å². The van der Waals surface area contributed by atoms with Crippen LogP contribution in [0.1, 0.15) is 0 Å². The van der Waals surface area contributed by atoms with E-state index < -0.39 is 0 Å². The normalized spacial score (nSPS) is 11.8. The molecule has 0 spiro atoms. The van der Waals surface area contributed by atoms with Gasteiger partial charge < -0.3 is 9.32 Å². The maximum atomic E-state index is 6.31. The van der Waals surface area contributed by atoms with E-state index in [0.29, 0.717) is 0 Å². The lowest BCUT2D eigenvalue weighted by atomic mass is 10.0. The van der Waals surface area contributed by atoms with E-state index in [4.69, 9.17) is 4.42 Å². The molecule has 0 amide bonds. The van der Waals surface area contributed by atoms with Gasteiger partial charge in [-0.25, -0.2) is 0 Å². The largest absolute Gasteiger partial charge is 0.456 e. The van der Waals surface area contributed by atoms with Gasteiger partial charge in [0.05, 0.1) is 10.4 Å². The fourth-order valence-corrected chi connectivity index (χ4v) is 10.4. The summed E-state index contributed by atoms with van der Waals surface area (Å²) in [5.41, 5.74) is 10.1. The maximum Gasteiger partial charge on any atom is 0.136 e. The van der Waals surface area contributed by atoms with Crippen molar-refractivity contribution in [1.29, 1.82) is 0 Å². The number of para-hydroxylation sites is 1. The van der Waals surface area contributed by atoms with E-state index in [0.717, 1.165) is 33.6 Å². The predicted octanol–water partition coefficient (Wildman–Crippen LogP) is 15.1. The summed E-state index contributed by atoms with van der Waals surface area (Å²) >= 11 is 3.73. The lowest BCUT2D eigenvalue weighted by molar-refractivity contribution is 0.669. The second kappa shape index (κ2) is 11.7. The molecule has 4 heteroatoms. The van der Waals surface area contributed by atoms with Gasteiger partial charge in [0.1, 0.15) is 11.2 Å². The molecule has 0 radical (unpaired) electrons. The highest BCUT2D eigenvalue weighted by atomic mass is 32.1. The van der Waals surface area contributed by atoms with Crippen LogP contribution in [0.5, 0.6) is 0 Å². The number of furan rings is 1. The molecule has 11 rings (SSSR count). The van der Waals surface area contributed by atoms with E-state index in [1.807, 2.05) is 28.7 Å². The maximum absolute atomic E-state index is 6.31. The molecule has 0 N–H and O–H groups in total. The summed E-state index contributed by atoms with van der Waals surface area (Å²) < 4.78 is 11.5. The Morgan fingerprint density at radius 1 is 0.365 bits per heavy atom. The molecule has 0 aliphatic carbocycles. The van der Waals surface area contributed by atoms with Crippen LogP contribution in [0.3, 0.4) is 0 Å². The van der Waals surface area contributed by atoms with Crippen LogP contribution in [-0.4, -0.2) is 0 Å². The molecule has 2 nitrogen and oxygen atoms in total. The minimum Gasteiger partial charge on any atom is -0.456 e. The minimum absolute atomic E-state index is 0.925. The summed E-state index contributed by atoms with van der Waals surface area (Å²) in [6.45, 7) is 0. The van der Waals surface area contributed by atoms with E-state index in [1.54, 1.807) is 0 Å². The molecule has 0 unspecified atom stereocenters. The average molecular weight is 700 g/mol. The molecule has 0 aliphatic rings. The molecule has 0 saturated carbocycles. The Morgan fingerprint density at radius 2 is 0.981 bits per heavy atom. The Labute approximate surface area is 308 Å². The Bertz CT molecular complexity index is 3110. The smallest absolute Gasteiger partial charge is 0.136 e. The van der Waals surface area contributed by atoms with Crippen molar-refractivity contribution in [2.24, 2.45) is 0 Å². The fraction of sp³-hybridized carbons (Fsp3) is 0. The van der Waals surface area contributed by atoms with Gasteiger partial charge in [0.2, 0.25) is 0 Å². The minimum atomic E-state index is 0.925. The second-order valence-electron chi connectivity index (χ2n) is 13.2. The van der Waals surface area contributed by atoms with Crippen molar-refractivity contribution in [3.63, 3.8) is 0 Å². The van der Waals surface area contributed by atoms with Gasteiger partial charge in [0.15, 0.2) is 0 Å². The molecule has 3 heterocycles. The van der Waals surface area contributed by atoms with Crippen LogP contribution in [0.25, 0.3) is 84.5 Å². The number of anilines is 3. The third-order valence-electron chi connectivity index (χ3n) is 10.3. The summed E-state index contributed by atoms with van der Waals surface area (Å²) in [5.74, 6) is 0. The van der Waals surface area contributed by atoms with Crippen LogP contribution in [0, 0.1) is 0 Å². The Kier molecular flexibility index (Phi) is 6.63. The van der Waals surface area contributed by atoms with Gasteiger partial charge in [-0.2, -0.15) is 0 Å². The second-order valence-corrected chi connectivity index (χ2v) is 15.3. The van der Waals surface area contributed by atoms with E-state index in [1.165, 1.54) is 68.0 Å². The molecule has 11 aromatic rings. The van der Waals surface area contributed by atoms with Crippen LogP contribution in [0.2, 0.25) is 0 Å². The summed E-state index contributed by atoms with van der Waals surface area (Å²) in [5, 5.41) is 7.50. The molecule has 0 bridgehead atoms. The third kappa shape index (κ3) is 4.55. The summed E-state index contributed by atoms with van der Waals surface area (Å²) in [6.07, 6.45) is 0. The van der Waals surface area contributed by atoms with E-state index in [2.05, 4.69) is 175 Å². The zero-order chi connectivity index (χ0) is 34.2. The van der Waals surface area contributed by atoms with Crippen molar-refractivity contribution in [3.05, 3.63) is 176 Å². The highest BCUT2D eigenvalue weighted by Crippen LogP contribution is 2.48. The van der Waals surface area contributed by atoms with Crippen LogP contribution >= 0.6 is 22.7 Å². The molecule has 0 fully saturated rings. The van der Waals surface area contributed by atoms with Gasteiger partial charge in [-0.05, 0) is 76.9 Å². The number of nitrogens with zero attached hydrogens (tertiary/aromatic N) is 1. The molecule has 0 aliphatic heterocycles. The van der Waals surface area contributed by atoms with Crippen molar-refractivity contribution in [3.8, 4) is 22.3 Å². The SMILES string of the molecule is c1ccc(-c2ccc(N(c3ccc(-c4cccc5c4sc4ccccc45)cc3)c3cccc4c3sc3c4ccc4oc5ccccc5c43)cc2)cc1. The first-order chi connectivity index (χ1) is 25.8. The first-order valence-corrected chi connectivity index (χ1v) is 19.1. The monoisotopic (exact) mass is 699 g/mol. The number of rotatable bonds is 5. The van der Waals surface area contributed by atoms with E-state index in [9.17, 15) is 0 Å². The van der Waals surface area contributed by atoms with Crippen molar-refractivity contribution in [2.75, 3.05) is 4.90 Å². The van der Waals surface area contributed by atoms with Crippen LogP contribution < -0.4 is 4.90 Å². The van der Waals surface area contributed by atoms with Gasteiger partial charge in [-0.15, -0.1) is 22.7 Å². The Balaban J connectivity index is 1.10. The zero-order valence-electron chi connectivity index (χ0n) is 27.9. The van der Waals surface area contributed by atoms with Crippen molar-refractivity contribution in [1.82, 2.24) is 0 Å². The number of benzene rings is 8. The number of thiophene rings is 2. The van der Waals surface area contributed by atoms with E-state index >= 15 is 0 Å². The first-order valence-electron chi connectivity index (χ1n) is 17.5. The highest BCUT2D eigenvalue weighted by molar-refractivity contribution is 7.27. The lowest BCUT2D eigenvalue weighted by Gasteiger charge is -2.26.